The molecule has 0 bridgehead atoms. The number of benzene rings is 3. The van der Waals surface area contributed by atoms with Crippen LogP contribution in [0.15, 0.2) is 114 Å². The lowest BCUT2D eigenvalue weighted by Gasteiger charge is -2.36. The largest absolute Gasteiger partial charge is 0.290 e. The molecule has 0 amide bonds. The average Bonchev–Trinajstić information content (AvgIpc) is 2.99. The van der Waals surface area contributed by atoms with Gasteiger partial charge in [-0.15, -0.1) is 0 Å². The molecular formula is C38H44O2. The van der Waals surface area contributed by atoms with E-state index in [1.54, 1.807) is 0 Å². The molecule has 0 radical (unpaired) electrons. The second kappa shape index (κ2) is 14.7. The molecule has 0 fully saturated rings. The van der Waals surface area contributed by atoms with Gasteiger partial charge in [-0.2, -0.15) is 0 Å². The van der Waals surface area contributed by atoms with Crippen molar-refractivity contribution in [3.63, 3.8) is 0 Å². The highest BCUT2D eigenvalue weighted by atomic mass is 16.1. The molecule has 3 aromatic rings. The van der Waals surface area contributed by atoms with E-state index in [9.17, 15) is 9.59 Å². The Morgan fingerprint density at radius 2 is 0.925 bits per heavy atom. The summed E-state index contributed by atoms with van der Waals surface area (Å²) in [5.41, 5.74) is 5.40. The van der Waals surface area contributed by atoms with E-state index < -0.39 is 0 Å². The van der Waals surface area contributed by atoms with Gasteiger partial charge in [0.25, 0.3) is 0 Å². The Morgan fingerprint density at radius 3 is 1.38 bits per heavy atom. The number of hydrogen-bond acceptors (Lipinski definition) is 2. The van der Waals surface area contributed by atoms with Gasteiger partial charge in [0, 0.05) is 16.6 Å². The van der Waals surface area contributed by atoms with E-state index in [2.05, 4.69) is 91.0 Å². The van der Waals surface area contributed by atoms with Crippen molar-refractivity contribution in [1.29, 1.82) is 0 Å². The van der Waals surface area contributed by atoms with Gasteiger partial charge >= 0.3 is 0 Å². The summed E-state index contributed by atoms with van der Waals surface area (Å²) in [4.78, 5) is 24.6. The molecule has 1 aliphatic carbocycles. The van der Waals surface area contributed by atoms with Crippen LogP contribution in [0.25, 0.3) is 0 Å². The standard InChI is InChI=1S/C38H44O2/c1-30(2)37-34(35(39)27-28-36(37)40)26-18-7-5-3-4-6-8-19-29-38(31-20-12-9-13-21-31,32-22-14-10-15-23-32)33-24-16-11-17-25-33/h9-17,20-25,27-28,30H,3-8,18-19,26,29H2,1-2H3. The summed E-state index contributed by atoms with van der Waals surface area (Å²) in [6.45, 7) is 4.01. The minimum Gasteiger partial charge on any atom is -0.290 e. The number of carbonyl (C=O) groups is 2. The molecule has 0 N–H and O–H groups in total. The summed E-state index contributed by atoms with van der Waals surface area (Å²) in [6, 6.07) is 33.0. The number of allylic oxidation sites excluding steroid dienone is 4. The third-order valence-electron chi connectivity index (χ3n) is 8.38. The van der Waals surface area contributed by atoms with Crippen molar-refractivity contribution in [3.8, 4) is 0 Å². The first-order valence-electron chi connectivity index (χ1n) is 15.2. The summed E-state index contributed by atoms with van der Waals surface area (Å²) in [5, 5.41) is 0. The molecule has 2 nitrogen and oxygen atoms in total. The molecule has 4 rings (SSSR count). The number of ketones is 2. The van der Waals surface area contributed by atoms with E-state index >= 15 is 0 Å². The lowest BCUT2D eigenvalue weighted by atomic mass is 9.66. The van der Waals surface area contributed by atoms with E-state index in [1.807, 2.05) is 13.8 Å². The molecule has 0 saturated heterocycles. The fourth-order valence-corrected chi connectivity index (χ4v) is 6.37. The van der Waals surface area contributed by atoms with Crippen LogP contribution >= 0.6 is 0 Å². The molecule has 2 heteroatoms. The second-order valence-electron chi connectivity index (χ2n) is 11.4. The number of rotatable bonds is 15. The molecule has 0 heterocycles. The van der Waals surface area contributed by atoms with Crippen LogP contribution in [0.4, 0.5) is 0 Å². The molecule has 0 aliphatic heterocycles. The molecule has 0 unspecified atom stereocenters. The lowest BCUT2D eigenvalue weighted by molar-refractivity contribution is -0.115. The van der Waals surface area contributed by atoms with Crippen LogP contribution in [-0.2, 0) is 15.0 Å². The van der Waals surface area contributed by atoms with Crippen molar-refractivity contribution in [2.24, 2.45) is 5.92 Å². The molecule has 1 aliphatic rings. The zero-order chi connectivity index (χ0) is 28.2. The first-order valence-corrected chi connectivity index (χ1v) is 15.2. The Morgan fingerprint density at radius 1 is 0.525 bits per heavy atom. The third-order valence-corrected chi connectivity index (χ3v) is 8.38. The highest BCUT2D eigenvalue weighted by Gasteiger charge is 2.35. The van der Waals surface area contributed by atoms with Crippen LogP contribution in [-0.4, -0.2) is 11.6 Å². The molecule has 0 atom stereocenters. The molecule has 0 saturated carbocycles. The minimum atomic E-state index is -0.152. The van der Waals surface area contributed by atoms with Crippen LogP contribution < -0.4 is 0 Å². The summed E-state index contributed by atoms with van der Waals surface area (Å²) in [5.74, 6) is 0.141. The Balaban J connectivity index is 1.28. The minimum absolute atomic E-state index is 0.0143. The van der Waals surface area contributed by atoms with Gasteiger partial charge in [-0.05, 0) is 54.0 Å². The van der Waals surface area contributed by atoms with Gasteiger partial charge in [0.2, 0.25) is 0 Å². The van der Waals surface area contributed by atoms with Crippen LogP contribution in [0, 0.1) is 5.92 Å². The normalized spacial score (nSPS) is 13.9. The molecule has 0 spiro atoms. The smallest absolute Gasteiger partial charge is 0.182 e. The number of carbonyl (C=O) groups excluding carboxylic acids is 2. The summed E-state index contributed by atoms with van der Waals surface area (Å²) >= 11 is 0. The highest BCUT2D eigenvalue weighted by Crippen LogP contribution is 2.43. The van der Waals surface area contributed by atoms with Gasteiger partial charge < -0.3 is 0 Å². The highest BCUT2D eigenvalue weighted by molar-refractivity contribution is 6.20. The monoisotopic (exact) mass is 532 g/mol. The maximum atomic E-state index is 12.4. The van der Waals surface area contributed by atoms with Crippen LogP contribution in [0.3, 0.4) is 0 Å². The van der Waals surface area contributed by atoms with E-state index in [4.69, 9.17) is 0 Å². The summed E-state index contributed by atoms with van der Waals surface area (Å²) in [7, 11) is 0. The van der Waals surface area contributed by atoms with Crippen molar-refractivity contribution in [2.45, 2.75) is 83.5 Å². The Labute approximate surface area is 241 Å². The summed E-state index contributed by atoms with van der Waals surface area (Å²) < 4.78 is 0. The fourth-order valence-electron chi connectivity index (χ4n) is 6.37. The average molecular weight is 533 g/mol. The van der Waals surface area contributed by atoms with Gasteiger partial charge in [-0.3, -0.25) is 9.59 Å². The molecular weight excluding hydrogens is 488 g/mol. The molecule has 3 aromatic carbocycles. The van der Waals surface area contributed by atoms with Gasteiger partial charge in [-0.1, -0.05) is 150 Å². The zero-order valence-corrected chi connectivity index (χ0v) is 24.3. The van der Waals surface area contributed by atoms with Gasteiger partial charge in [0.15, 0.2) is 11.6 Å². The first kappa shape index (κ1) is 29.5. The quantitative estimate of drug-likeness (QED) is 0.111. The van der Waals surface area contributed by atoms with Crippen LogP contribution in [0.2, 0.25) is 0 Å². The van der Waals surface area contributed by atoms with Crippen molar-refractivity contribution in [1.82, 2.24) is 0 Å². The van der Waals surface area contributed by atoms with E-state index in [0.29, 0.717) is 0 Å². The topological polar surface area (TPSA) is 34.1 Å². The maximum Gasteiger partial charge on any atom is 0.182 e. The van der Waals surface area contributed by atoms with Gasteiger partial charge in [0.05, 0.1) is 0 Å². The lowest BCUT2D eigenvalue weighted by Crippen LogP contribution is -2.29. The molecule has 40 heavy (non-hydrogen) atoms. The van der Waals surface area contributed by atoms with Crippen molar-refractivity contribution in [3.05, 3.63) is 131 Å². The van der Waals surface area contributed by atoms with E-state index in [1.165, 1.54) is 67.4 Å². The number of hydrogen-bond donors (Lipinski definition) is 0. The molecule has 0 aromatic heterocycles. The van der Waals surface area contributed by atoms with Gasteiger partial charge in [0.1, 0.15) is 0 Å². The fraction of sp³-hybridized carbons (Fsp3) is 0.368. The Hall–Kier alpha value is -3.52. The predicted octanol–water partition coefficient (Wildman–Crippen LogP) is 9.58. The van der Waals surface area contributed by atoms with Crippen molar-refractivity contribution in [2.75, 3.05) is 0 Å². The predicted molar refractivity (Wildman–Crippen MR) is 166 cm³/mol. The van der Waals surface area contributed by atoms with Crippen LogP contribution in [0.1, 0.15) is 94.7 Å². The Kier molecular flexibility index (Phi) is 10.9. The molecule has 208 valence electrons. The SMILES string of the molecule is CC(C)C1=C(CCCCCCCCCCC(c2ccccc2)(c2ccccc2)c2ccccc2)C(=O)C=CC1=O. The van der Waals surface area contributed by atoms with E-state index in [-0.39, 0.29) is 22.9 Å². The van der Waals surface area contributed by atoms with Crippen molar-refractivity contribution < 1.29 is 9.59 Å². The van der Waals surface area contributed by atoms with Gasteiger partial charge in [-0.25, -0.2) is 0 Å². The van der Waals surface area contributed by atoms with Crippen LogP contribution in [0.5, 0.6) is 0 Å². The zero-order valence-electron chi connectivity index (χ0n) is 24.3. The third kappa shape index (κ3) is 7.16. The maximum absolute atomic E-state index is 12.4. The van der Waals surface area contributed by atoms with Crippen molar-refractivity contribution >= 4 is 11.6 Å². The first-order chi connectivity index (χ1) is 19.5. The Bertz CT molecular complexity index is 1190. The summed E-state index contributed by atoms with van der Waals surface area (Å²) in [6.07, 6.45) is 14.1. The second-order valence-corrected chi connectivity index (χ2v) is 11.4. The van der Waals surface area contributed by atoms with E-state index in [0.717, 1.165) is 36.8 Å². The number of unbranched alkanes of at least 4 members (excludes halogenated alkanes) is 7.